The minimum absolute atomic E-state index is 0.0217. The molecule has 1 aliphatic carbocycles. The van der Waals surface area contributed by atoms with E-state index in [0.29, 0.717) is 11.9 Å². The van der Waals surface area contributed by atoms with Crippen LogP contribution < -0.4 is 5.32 Å². The van der Waals surface area contributed by atoms with Gasteiger partial charge in [-0.05, 0) is 50.2 Å². The first kappa shape index (κ1) is 14.6. The molecule has 1 saturated carbocycles. The molecule has 2 unspecified atom stereocenters. The number of hydrogen-bond acceptors (Lipinski definition) is 2. The summed E-state index contributed by atoms with van der Waals surface area (Å²) in [5.41, 5.74) is 3.80. The number of amides is 1. The summed E-state index contributed by atoms with van der Waals surface area (Å²) in [6.45, 7) is 8.62. The van der Waals surface area contributed by atoms with Crippen LogP contribution in [-0.4, -0.2) is 22.9 Å². The average molecular weight is 286 g/mol. The largest absolute Gasteiger partial charge is 0.319 e. The average Bonchev–Trinajstić information content (AvgIpc) is 2.72. The highest BCUT2D eigenvalue weighted by molar-refractivity contribution is 5.85. The smallest absolute Gasteiger partial charge is 0.241 e. The van der Waals surface area contributed by atoms with Crippen LogP contribution in [-0.2, 0) is 4.79 Å². The lowest BCUT2D eigenvalue weighted by Crippen LogP contribution is -2.47. The second-order valence-electron chi connectivity index (χ2n) is 6.87. The van der Waals surface area contributed by atoms with E-state index in [1.54, 1.807) is 0 Å². The maximum atomic E-state index is 12.7. The Morgan fingerprint density at radius 1 is 1.29 bits per heavy atom. The molecule has 1 saturated heterocycles. The molecule has 3 rings (SSSR count). The Morgan fingerprint density at radius 2 is 2.00 bits per heavy atom. The Hall–Kier alpha value is -1.35. The highest BCUT2D eigenvalue weighted by Gasteiger charge is 2.45. The summed E-state index contributed by atoms with van der Waals surface area (Å²) in [6, 6.07) is 6.94. The van der Waals surface area contributed by atoms with Gasteiger partial charge in [-0.1, -0.05) is 37.6 Å². The molecule has 2 fully saturated rings. The maximum absolute atomic E-state index is 12.7. The van der Waals surface area contributed by atoms with Crippen LogP contribution in [0.5, 0.6) is 0 Å². The number of aryl methyl sites for hydroxylation is 2. The standard InChI is InChI=1S/C18H26N2O/c1-5-16-18(21)20(14-9-12(3)10-14)17(19-16)15-7-6-11(2)8-13(15)4/h6-8,12,14,16-17,19H,5,9-10H2,1-4H3. The first-order chi connectivity index (χ1) is 10.0. The normalized spacial score (nSPS) is 32.4. The first-order valence-electron chi connectivity index (χ1n) is 8.16. The van der Waals surface area contributed by atoms with Crippen LogP contribution in [0.4, 0.5) is 0 Å². The molecule has 21 heavy (non-hydrogen) atoms. The van der Waals surface area contributed by atoms with E-state index in [0.717, 1.165) is 25.2 Å². The summed E-state index contributed by atoms with van der Waals surface area (Å²) in [4.78, 5) is 14.8. The van der Waals surface area contributed by atoms with Crippen molar-refractivity contribution in [2.45, 2.75) is 65.2 Å². The molecule has 1 amide bonds. The Balaban J connectivity index is 1.92. The Kier molecular flexibility index (Phi) is 3.78. The summed E-state index contributed by atoms with van der Waals surface area (Å²) in [7, 11) is 0. The van der Waals surface area contributed by atoms with Crippen molar-refractivity contribution in [3.63, 3.8) is 0 Å². The van der Waals surface area contributed by atoms with Gasteiger partial charge in [0.2, 0.25) is 5.91 Å². The predicted molar refractivity (Wildman–Crippen MR) is 84.9 cm³/mol. The number of carbonyl (C=O) groups is 1. The molecule has 2 atom stereocenters. The minimum atomic E-state index is -0.0217. The zero-order valence-corrected chi connectivity index (χ0v) is 13.5. The first-order valence-corrected chi connectivity index (χ1v) is 8.16. The van der Waals surface area contributed by atoms with E-state index in [2.05, 4.69) is 56.1 Å². The molecule has 1 aromatic carbocycles. The van der Waals surface area contributed by atoms with Gasteiger partial charge in [-0.15, -0.1) is 0 Å². The van der Waals surface area contributed by atoms with Crippen LogP contribution in [0.2, 0.25) is 0 Å². The third kappa shape index (κ3) is 2.48. The molecular weight excluding hydrogens is 260 g/mol. The van der Waals surface area contributed by atoms with Crippen LogP contribution in [0.3, 0.4) is 0 Å². The van der Waals surface area contributed by atoms with Crippen molar-refractivity contribution in [3.8, 4) is 0 Å². The molecule has 114 valence electrons. The van der Waals surface area contributed by atoms with E-state index in [1.165, 1.54) is 16.7 Å². The molecule has 1 aromatic rings. The molecule has 0 spiro atoms. The van der Waals surface area contributed by atoms with Crippen molar-refractivity contribution in [2.75, 3.05) is 0 Å². The Morgan fingerprint density at radius 3 is 2.57 bits per heavy atom. The van der Waals surface area contributed by atoms with E-state index < -0.39 is 0 Å². The maximum Gasteiger partial charge on any atom is 0.241 e. The highest BCUT2D eigenvalue weighted by atomic mass is 16.2. The topological polar surface area (TPSA) is 32.3 Å². The monoisotopic (exact) mass is 286 g/mol. The van der Waals surface area contributed by atoms with Gasteiger partial charge in [0.1, 0.15) is 6.17 Å². The summed E-state index contributed by atoms with van der Waals surface area (Å²) >= 11 is 0. The fourth-order valence-electron chi connectivity index (χ4n) is 3.79. The van der Waals surface area contributed by atoms with Gasteiger partial charge < -0.3 is 4.90 Å². The lowest BCUT2D eigenvalue weighted by atomic mass is 9.80. The van der Waals surface area contributed by atoms with Crippen LogP contribution in [0.15, 0.2) is 18.2 Å². The number of nitrogens with one attached hydrogen (secondary N) is 1. The van der Waals surface area contributed by atoms with Gasteiger partial charge in [0.05, 0.1) is 6.04 Å². The summed E-state index contributed by atoms with van der Waals surface area (Å²) in [6.07, 6.45) is 3.20. The van der Waals surface area contributed by atoms with Crippen molar-refractivity contribution in [3.05, 3.63) is 34.9 Å². The Labute approximate surface area is 127 Å². The van der Waals surface area contributed by atoms with E-state index in [-0.39, 0.29) is 12.2 Å². The molecule has 0 bridgehead atoms. The van der Waals surface area contributed by atoms with Crippen LogP contribution in [0, 0.1) is 19.8 Å². The van der Waals surface area contributed by atoms with E-state index in [4.69, 9.17) is 0 Å². The molecule has 1 heterocycles. The molecule has 1 N–H and O–H groups in total. The molecule has 0 radical (unpaired) electrons. The Bertz CT molecular complexity index is 548. The zero-order chi connectivity index (χ0) is 15.1. The van der Waals surface area contributed by atoms with Gasteiger partial charge >= 0.3 is 0 Å². The van der Waals surface area contributed by atoms with E-state index in [9.17, 15) is 4.79 Å². The molecular formula is C18H26N2O. The number of hydrogen-bond donors (Lipinski definition) is 1. The minimum Gasteiger partial charge on any atom is -0.319 e. The fraction of sp³-hybridized carbons (Fsp3) is 0.611. The molecule has 1 aliphatic heterocycles. The number of carbonyl (C=O) groups excluding carboxylic acids is 1. The summed E-state index contributed by atoms with van der Waals surface area (Å²) < 4.78 is 0. The third-order valence-corrected chi connectivity index (χ3v) is 5.06. The van der Waals surface area contributed by atoms with E-state index >= 15 is 0 Å². The molecule has 3 heteroatoms. The van der Waals surface area contributed by atoms with Crippen LogP contribution in [0.1, 0.15) is 56.0 Å². The predicted octanol–water partition coefficient (Wildman–Crippen LogP) is 3.31. The summed E-state index contributed by atoms with van der Waals surface area (Å²) in [5.74, 6) is 1.04. The highest BCUT2D eigenvalue weighted by Crippen LogP contribution is 2.39. The molecule has 3 nitrogen and oxygen atoms in total. The quantitative estimate of drug-likeness (QED) is 0.924. The lowest BCUT2D eigenvalue weighted by molar-refractivity contribution is -0.135. The SMILES string of the molecule is CCC1NC(c2ccc(C)cc2C)N(C2CC(C)C2)C1=O. The number of rotatable bonds is 3. The van der Waals surface area contributed by atoms with Crippen molar-refractivity contribution in [1.29, 1.82) is 0 Å². The van der Waals surface area contributed by atoms with E-state index in [1.807, 2.05) is 0 Å². The van der Waals surface area contributed by atoms with Gasteiger partial charge in [-0.25, -0.2) is 0 Å². The molecule has 0 aromatic heterocycles. The third-order valence-electron chi connectivity index (χ3n) is 5.06. The zero-order valence-electron chi connectivity index (χ0n) is 13.5. The van der Waals surface area contributed by atoms with Crippen molar-refractivity contribution in [2.24, 2.45) is 5.92 Å². The second kappa shape index (κ2) is 5.45. The van der Waals surface area contributed by atoms with Gasteiger partial charge in [-0.3, -0.25) is 10.1 Å². The second-order valence-corrected chi connectivity index (χ2v) is 6.87. The van der Waals surface area contributed by atoms with Crippen LogP contribution >= 0.6 is 0 Å². The lowest BCUT2D eigenvalue weighted by Gasteiger charge is -2.42. The van der Waals surface area contributed by atoms with Gasteiger partial charge in [0, 0.05) is 6.04 Å². The molecule has 2 aliphatic rings. The van der Waals surface area contributed by atoms with Crippen LogP contribution in [0.25, 0.3) is 0 Å². The van der Waals surface area contributed by atoms with Crippen molar-refractivity contribution < 1.29 is 4.79 Å². The van der Waals surface area contributed by atoms with Gasteiger partial charge in [0.15, 0.2) is 0 Å². The van der Waals surface area contributed by atoms with Crippen molar-refractivity contribution >= 4 is 5.91 Å². The summed E-state index contributed by atoms with van der Waals surface area (Å²) in [5, 5.41) is 3.56. The fourth-order valence-corrected chi connectivity index (χ4v) is 3.79. The van der Waals surface area contributed by atoms with Gasteiger partial charge in [0.25, 0.3) is 0 Å². The van der Waals surface area contributed by atoms with Gasteiger partial charge in [-0.2, -0.15) is 0 Å². The number of benzene rings is 1. The van der Waals surface area contributed by atoms with Crippen molar-refractivity contribution in [1.82, 2.24) is 10.2 Å². The number of nitrogens with zero attached hydrogens (tertiary/aromatic N) is 1.